The minimum Gasteiger partial charge on any atom is -0.491 e. The van der Waals surface area contributed by atoms with Crippen LogP contribution in [-0.2, 0) is 0 Å². The summed E-state index contributed by atoms with van der Waals surface area (Å²) in [5.74, 6) is 0.561. The van der Waals surface area contributed by atoms with Crippen LogP contribution in [0.25, 0.3) is 0 Å². The number of amides is 1. The van der Waals surface area contributed by atoms with E-state index in [0.717, 1.165) is 17.0 Å². The molecule has 0 atom stereocenters. The average Bonchev–Trinajstić information content (AvgIpc) is 2.48. The smallest absolute Gasteiger partial charge is 0.257 e. The highest BCUT2D eigenvalue weighted by Crippen LogP contribution is 2.16. The molecule has 0 bridgehead atoms. The largest absolute Gasteiger partial charge is 0.491 e. The fourth-order valence-electron chi connectivity index (χ4n) is 2.01. The van der Waals surface area contributed by atoms with Crippen LogP contribution in [0.2, 0.25) is 0 Å². The highest BCUT2D eigenvalue weighted by molar-refractivity contribution is 7.80. The molecule has 2 N–H and O–H groups in total. The van der Waals surface area contributed by atoms with Gasteiger partial charge in [-0.2, -0.15) is 0 Å². The van der Waals surface area contributed by atoms with Crippen LogP contribution in [0.3, 0.4) is 0 Å². The Balaban J connectivity index is 1.93. The van der Waals surface area contributed by atoms with Gasteiger partial charge in [-0.1, -0.05) is 17.7 Å². The Morgan fingerprint density at radius 2 is 1.83 bits per heavy atom. The number of rotatable bonds is 4. The van der Waals surface area contributed by atoms with Crippen LogP contribution in [0.15, 0.2) is 48.5 Å². The van der Waals surface area contributed by atoms with Crippen LogP contribution in [0.4, 0.5) is 5.69 Å². The Morgan fingerprint density at radius 3 is 2.43 bits per heavy atom. The maximum Gasteiger partial charge on any atom is 0.257 e. The first kappa shape index (κ1) is 17.0. The topological polar surface area (TPSA) is 50.4 Å². The van der Waals surface area contributed by atoms with E-state index in [0.29, 0.717) is 5.56 Å². The van der Waals surface area contributed by atoms with Gasteiger partial charge in [-0.25, -0.2) is 0 Å². The summed E-state index contributed by atoms with van der Waals surface area (Å²) in [7, 11) is 0. The zero-order chi connectivity index (χ0) is 16.8. The van der Waals surface area contributed by atoms with Gasteiger partial charge in [-0.05, 0) is 69.4 Å². The van der Waals surface area contributed by atoms with E-state index in [2.05, 4.69) is 10.6 Å². The quantitative estimate of drug-likeness (QED) is 0.836. The molecule has 0 radical (unpaired) electrons. The molecule has 0 unspecified atom stereocenters. The third kappa shape index (κ3) is 5.38. The van der Waals surface area contributed by atoms with E-state index in [1.807, 2.05) is 63.2 Å². The van der Waals surface area contributed by atoms with Crippen molar-refractivity contribution < 1.29 is 9.53 Å². The molecule has 1 amide bonds. The van der Waals surface area contributed by atoms with E-state index >= 15 is 0 Å². The van der Waals surface area contributed by atoms with Crippen LogP contribution in [0.1, 0.15) is 29.8 Å². The zero-order valence-electron chi connectivity index (χ0n) is 13.4. The Bertz CT molecular complexity index is 696. The lowest BCUT2D eigenvalue weighted by molar-refractivity contribution is 0.0977. The maximum absolute atomic E-state index is 12.1. The van der Waals surface area contributed by atoms with Gasteiger partial charge < -0.3 is 10.1 Å². The van der Waals surface area contributed by atoms with Crippen molar-refractivity contribution in [2.45, 2.75) is 26.9 Å². The molecule has 5 heteroatoms. The Labute approximate surface area is 141 Å². The van der Waals surface area contributed by atoms with E-state index in [4.69, 9.17) is 17.0 Å². The Hall–Kier alpha value is -2.40. The first-order valence-electron chi connectivity index (χ1n) is 7.40. The molecule has 2 aromatic carbocycles. The van der Waals surface area contributed by atoms with Crippen molar-refractivity contribution in [1.82, 2.24) is 5.32 Å². The molecule has 0 aromatic heterocycles. The summed E-state index contributed by atoms with van der Waals surface area (Å²) in [5.41, 5.74) is 2.39. The molecule has 0 heterocycles. The lowest BCUT2D eigenvalue weighted by Crippen LogP contribution is -2.34. The van der Waals surface area contributed by atoms with Crippen LogP contribution in [0.5, 0.6) is 5.75 Å². The molecular weight excluding hydrogens is 308 g/mol. The number of benzene rings is 2. The van der Waals surface area contributed by atoms with E-state index in [9.17, 15) is 4.79 Å². The minimum absolute atomic E-state index is 0.128. The van der Waals surface area contributed by atoms with Crippen molar-refractivity contribution >= 4 is 28.9 Å². The van der Waals surface area contributed by atoms with E-state index in [1.165, 1.54) is 0 Å². The number of thiocarbonyl (C=S) groups is 1. The molecule has 2 rings (SSSR count). The van der Waals surface area contributed by atoms with Crippen molar-refractivity contribution in [2.24, 2.45) is 0 Å². The molecular formula is C18H20N2O2S. The van der Waals surface area contributed by atoms with E-state index in [-0.39, 0.29) is 17.1 Å². The number of hydrogen-bond acceptors (Lipinski definition) is 3. The van der Waals surface area contributed by atoms with Crippen LogP contribution in [0, 0.1) is 6.92 Å². The normalized spacial score (nSPS) is 10.3. The SMILES string of the molecule is Cc1cccc(C(=O)NC(=S)Nc2ccc(OC(C)C)cc2)c1. The van der Waals surface area contributed by atoms with Gasteiger partial charge in [-0.15, -0.1) is 0 Å². The van der Waals surface area contributed by atoms with Crippen molar-refractivity contribution in [1.29, 1.82) is 0 Å². The molecule has 0 spiro atoms. The number of nitrogens with one attached hydrogen (secondary N) is 2. The average molecular weight is 328 g/mol. The predicted octanol–water partition coefficient (Wildman–Crippen LogP) is 3.91. The van der Waals surface area contributed by atoms with E-state index < -0.39 is 0 Å². The highest BCUT2D eigenvalue weighted by Gasteiger charge is 2.08. The summed E-state index contributed by atoms with van der Waals surface area (Å²) >= 11 is 5.17. The van der Waals surface area contributed by atoms with E-state index in [1.54, 1.807) is 6.07 Å². The van der Waals surface area contributed by atoms with Crippen molar-refractivity contribution in [3.8, 4) is 5.75 Å². The van der Waals surface area contributed by atoms with Gasteiger partial charge in [0.2, 0.25) is 0 Å². The van der Waals surface area contributed by atoms with Gasteiger partial charge in [0.15, 0.2) is 5.11 Å². The molecule has 0 aliphatic rings. The number of carbonyl (C=O) groups is 1. The van der Waals surface area contributed by atoms with Crippen LogP contribution < -0.4 is 15.4 Å². The summed E-state index contributed by atoms with van der Waals surface area (Å²) in [4.78, 5) is 12.1. The number of anilines is 1. The molecule has 120 valence electrons. The molecule has 2 aromatic rings. The fraction of sp³-hybridized carbons (Fsp3) is 0.222. The summed E-state index contributed by atoms with van der Waals surface area (Å²) in [5, 5.41) is 5.91. The number of ether oxygens (including phenoxy) is 1. The van der Waals surface area contributed by atoms with Crippen molar-refractivity contribution in [2.75, 3.05) is 5.32 Å². The van der Waals surface area contributed by atoms with Gasteiger partial charge in [0, 0.05) is 11.3 Å². The third-order valence-corrected chi connectivity index (χ3v) is 3.20. The van der Waals surface area contributed by atoms with Gasteiger partial charge in [0.25, 0.3) is 5.91 Å². The zero-order valence-corrected chi connectivity index (χ0v) is 14.2. The maximum atomic E-state index is 12.1. The molecule has 0 fully saturated rings. The predicted molar refractivity (Wildman–Crippen MR) is 97.1 cm³/mol. The van der Waals surface area contributed by atoms with Crippen molar-refractivity contribution in [3.63, 3.8) is 0 Å². The monoisotopic (exact) mass is 328 g/mol. The van der Waals surface area contributed by atoms with Crippen molar-refractivity contribution in [3.05, 3.63) is 59.7 Å². The molecule has 0 aliphatic heterocycles. The lowest BCUT2D eigenvalue weighted by Gasteiger charge is -2.12. The summed E-state index contributed by atoms with van der Waals surface area (Å²) in [6, 6.07) is 14.8. The van der Waals surface area contributed by atoms with Gasteiger partial charge in [0.05, 0.1) is 6.10 Å². The summed E-state index contributed by atoms with van der Waals surface area (Å²) < 4.78 is 5.58. The lowest BCUT2D eigenvalue weighted by atomic mass is 10.1. The summed E-state index contributed by atoms with van der Waals surface area (Å²) in [6.07, 6.45) is 0.128. The number of carbonyl (C=O) groups excluding carboxylic acids is 1. The third-order valence-electron chi connectivity index (χ3n) is 2.99. The fourth-order valence-corrected chi connectivity index (χ4v) is 2.22. The summed E-state index contributed by atoms with van der Waals surface area (Å²) in [6.45, 7) is 5.89. The molecule has 0 aliphatic carbocycles. The molecule has 0 saturated heterocycles. The van der Waals surface area contributed by atoms with Crippen LogP contribution >= 0.6 is 12.2 Å². The first-order chi connectivity index (χ1) is 10.9. The number of aryl methyl sites for hydroxylation is 1. The van der Waals surface area contributed by atoms with Gasteiger partial charge in [0.1, 0.15) is 5.75 Å². The second-order valence-electron chi connectivity index (χ2n) is 5.47. The standard InChI is InChI=1S/C18H20N2O2S/c1-12(2)22-16-9-7-15(8-10-16)19-18(23)20-17(21)14-6-4-5-13(3)11-14/h4-12H,1-3H3,(H2,19,20,21,23). The Kier molecular flexibility index (Phi) is 5.71. The van der Waals surface area contributed by atoms with Crippen LogP contribution in [-0.4, -0.2) is 17.1 Å². The number of hydrogen-bond donors (Lipinski definition) is 2. The first-order valence-corrected chi connectivity index (χ1v) is 7.80. The second kappa shape index (κ2) is 7.74. The molecule has 4 nitrogen and oxygen atoms in total. The molecule has 0 saturated carbocycles. The van der Waals surface area contributed by atoms with Gasteiger partial charge in [-0.3, -0.25) is 10.1 Å². The van der Waals surface area contributed by atoms with Gasteiger partial charge >= 0.3 is 0 Å². The Morgan fingerprint density at radius 1 is 1.13 bits per heavy atom. The highest BCUT2D eigenvalue weighted by atomic mass is 32.1. The molecule has 23 heavy (non-hydrogen) atoms. The minimum atomic E-state index is -0.231. The second-order valence-corrected chi connectivity index (χ2v) is 5.88.